The highest BCUT2D eigenvalue weighted by atomic mass is 19.1. The SMILES string of the molecule is Cc1ccc(F)cc1-c1cc(C#N)c(NC2C[C@@H]3CN(C(=O)OC(C)(C)C)C[C@@H]3C2)nn1. The van der Waals surface area contributed by atoms with Crippen LogP contribution < -0.4 is 5.32 Å². The maximum Gasteiger partial charge on any atom is 0.410 e. The number of rotatable bonds is 3. The van der Waals surface area contributed by atoms with Crippen LogP contribution in [0.1, 0.15) is 44.7 Å². The molecule has 1 amide bonds. The second-order valence-electron chi connectivity index (χ2n) is 9.78. The van der Waals surface area contributed by atoms with E-state index in [4.69, 9.17) is 4.74 Å². The molecule has 0 bridgehead atoms. The fourth-order valence-corrected chi connectivity index (χ4v) is 4.67. The number of nitriles is 1. The summed E-state index contributed by atoms with van der Waals surface area (Å²) in [5.74, 6) is 0.880. The number of benzene rings is 1. The number of nitrogens with one attached hydrogen (secondary N) is 1. The van der Waals surface area contributed by atoms with Gasteiger partial charge in [0.25, 0.3) is 0 Å². The average Bonchev–Trinajstić information content (AvgIpc) is 3.28. The molecule has 2 aromatic rings. The van der Waals surface area contributed by atoms with Crippen molar-refractivity contribution in [2.45, 2.75) is 52.2 Å². The van der Waals surface area contributed by atoms with Crippen molar-refractivity contribution in [3.05, 3.63) is 41.2 Å². The second-order valence-corrected chi connectivity index (χ2v) is 9.78. The van der Waals surface area contributed by atoms with Crippen molar-refractivity contribution in [3.8, 4) is 17.3 Å². The van der Waals surface area contributed by atoms with Crippen LogP contribution in [-0.2, 0) is 4.74 Å². The molecule has 2 fully saturated rings. The summed E-state index contributed by atoms with van der Waals surface area (Å²) in [5.41, 5.74) is 1.84. The molecule has 1 saturated carbocycles. The summed E-state index contributed by atoms with van der Waals surface area (Å²) in [6.45, 7) is 8.86. The Bertz CT molecular complexity index is 1060. The van der Waals surface area contributed by atoms with Gasteiger partial charge < -0.3 is 15.0 Å². The van der Waals surface area contributed by atoms with Gasteiger partial charge in [-0.05, 0) is 76.1 Å². The summed E-state index contributed by atoms with van der Waals surface area (Å²) >= 11 is 0. The zero-order chi connectivity index (χ0) is 23.0. The Morgan fingerprint density at radius 1 is 1.22 bits per heavy atom. The first-order valence-corrected chi connectivity index (χ1v) is 10.9. The van der Waals surface area contributed by atoms with Crippen LogP contribution in [0.25, 0.3) is 11.3 Å². The molecule has 2 aliphatic rings. The highest BCUT2D eigenvalue weighted by Gasteiger charge is 2.43. The number of likely N-dealkylation sites (tertiary alicyclic amines) is 1. The molecule has 7 nitrogen and oxygen atoms in total. The van der Waals surface area contributed by atoms with Crippen molar-refractivity contribution >= 4 is 11.9 Å². The van der Waals surface area contributed by atoms with Crippen molar-refractivity contribution in [2.75, 3.05) is 18.4 Å². The van der Waals surface area contributed by atoms with Gasteiger partial charge in [-0.2, -0.15) is 5.26 Å². The molecule has 1 saturated heterocycles. The summed E-state index contributed by atoms with van der Waals surface area (Å²) in [5, 5.41) is 21.5. The Balaban J connectivity index is 1.42. The Labute approximate surface area is 187 Å². The number of fused-ring (bicyclic) bond motifs is 1. The minimum Gasteiger partial charge on any atom is -0.444 e. The molecule has 1 unspecified atom stereocenters. The number of anilines is 1. The zero-order valence-corrected chi connectivity index (χ0v) is 18.9. The predicted octanol–water partition coefficient (Wildman–Crippen LogP) is 4.52. The Hall–Kier alpha value is -3.21. The maximum atomic E-state index is 13.7. The van der Waals surface area contributed by atoms with E-state index in [2.05, 4.69) is 21.6 Å². The van der Waals surface area contributed by atoms with Gasteiger partial charge in [0.2, 0.25) is 0 Å². The molecule has 2 heterocycles. The molecule has 168 valence electrons. The van der Waals surface area contributed by atoms with Crippen LogP contribution in [0.15, 0.2) is 24.3 Å². The van der Waals surface area contributed by atoms with Gasteiger partial charge in [0, 0.05) is 24.7 Å². The smallest absolute Gasteiger partial charge is 0.410 e. The zero-order valence-electron chi connectivity index (χ0n) is 18.9. The topological polar surface area (TPSA) is 91.1 Å². The van der Waals surface area contributed by atoms with E-state index < -0.39 is 5.60 Å². The van der Waals surface area contributed by atoms with Crippen molar-refractivity contribution in [3.63, 3.8) is 0 Å². The van der Waals surface area contributed by atoms with Gasteiger partial charge in [-0.25, -0.2) is 9.18 Å². The van der Waals surface area contributed by atoms with Crippen LogP contribution in [0, 0.1) is 35.9 Å². The molecule has 1 aromatic carbocycles. The highest BCUT2D eigenvalue weighted by molar-refractivity contribution is 5.69. The second kappa shape index (κ2) is 8.38. The Morgan fingerprint density at radius 2 is 1.91 bits per heavy atom. The number of nitrogens with zero attached hydrogens (tertiary/aromatic N) is 4. The monoisotopic (exact) mass is 437 g/mol. The van der Waals surface area contributed by atoms with E-state index in [0.717, 1.165) is 18.4 Å². The number of carbonyl (C=O) groups is 1. The molecular formula is C24H28FN5O2. The number of carbonyl (C=O) groups excluding carboxylic acids is 1. The van der Waals surface area contributed by atoms with Gasteiger partial charge in [0.15, 0.2) is 5.82 Å². The minimum atomic E-state index is -0.499. The number of hydrogen-bond acceptors (Lipinski definition) is 6. The van der Waals surface area contributed by atoms with Crippen molar-refractivity contribution in [2.24, 2.45) is 11.8 Å². The number of halogens is 1. The largest absolute Gasteiger partial charge is 0.444 e. The first-order chi connectivity index (χ1) is 15.1. The maximum absolute atomic E-state index is 13.7. The third-order valence-corrected chi connectivity index (χ3v) is 6.13. The Kier molecular flexibility index (Phi) is 5.76. The van der Waals surface area contributed by atoms with Crippen molar-refractivity contribution in [1.82, 2.24) is 15.1 Å². The Morgan fingerprint density at radius 3 is 2.53 bits per heavy atom. The third kappa shape index (κ3) is 4.67. The molecule has 3 atom stereocenters. The lowest BCUT2D eigenvalue weighted by Gasteiger charge is -2.25. The summed E-state index contributed by atoms with van der Waals surface area (Å²) in [6, 6.07) is 8.48. The molecule has 0 spiro atoms. The first kappa shape index (κ1) is 22.0. The van der Waals surface area contributed by atoms with E-state index in [1.807, 2.05) is 27.7 Å². The van der Waals surface area contributed by atoms with Crippen LogP contribution in [0.5, 0.6) is 0 Å². The third-order valence-electron chi connectivity index (χ3n) is 6.13. The molecule has 0 radical (unpaired) electrons. The number of aromatic nitrogens is 2. The summed E-state index contributed by atoms with van der Waals surface area (Å²) in [4.78, 5) is 14.2. The van der Waals surface area contributed by atoms with Gasteiger partial charge in [0.1, 0.15) is 17.5 Å². The standard InChI is InChI=1S/C24H28FN5O2/c1-14-5-6-18(25)10-20(14)21-9-15(11-26)22(29-28-21)27-19-7-16-12-30(13-17(16)8-19)23(31)32-24(2,3)4/h5-6,9-10,16-17,19H,7-8,12-13H2,1-4H3,(H,27,29)/t16-,17+,19?. The molecule has 32 heavy (non-hydrogen) atoms. The average molecular weight is 438 g/mol. The fraction of sp³-hybridized carbons (Fsp3) is 0.500. The lowest BCUT2D eigenvalue weighted by atomic mass is 10.0. The molecule has 4 rings (SSSR count). The van der Waals surface area contributed by atoms with Crippen LogP contribution in [0.2, 0.25) is 0 Å². The number of hydrogen-bond donors (Lipinski definition) is 1. The van der Waals surface area contributed by atoms with E-state index in [1.54, 1.807) is 17.0 Å². The van der Waals surface area contributed by atoms with Gasteiger partial charge in [0.05, 0.1) is 11.3 Å². The van der Waals surface area contributed by atoms with E-state index >= 15 is 0 Å². The highest BCUT2D eigenvalue weighted by Crippen LogP contribution is 2.40. The normalized spacial score (nSPS) is 22.4. The van der Waals surface area contributed by atoms with E-state index in [1.165, 1.54) is 12.1 Å². The van der Waals surface area contributed by atoms with Gasteiger partial charge in [-0.1, -0.05) is 6.07 Å². The molecule has 1 aliphatic carbocycles. The summed E-state index contributed by atoms with van der Waals surface area (Å²) in [7, 11) is 0. The number of amides is 1. The quantitative estimate of drug-likeness (QED) is 0.759. The van der Waals surface area contributed by atoms with Crippen molar-refractivity contribution < 1.29 is 13.9 Å². The van der Waals surface area contributed by atoms with E-state index in [0.29, 0.717) is 47.6 Å². The van der Waals surface area contributed by atoms with Crippen molar-refractivity contribution in [1.29, 1.82) is 5.26 Å². The number of aryl methyl sites for hydroxylation is 1. The molecule has 1 aromatic heterocycles. The van der Waals surface area contributed by atoms with Crippen LogP contribution >= 0.6 is 0 Å². The minimum absolute atomic E-state index is 0.161. The lowest BCUT2D eigenvalue weighted by molar-refractivity contribution is 0.0280. The molecule has 1 N–H and O–H groups in total. The van der Waals surface area contributed by atoms with Crippen LogP contribution in [-0.4, -0.2) is 45.9 Å². The summed E-state index contributed by atoms with van der Waals surface area (Å²) < 4.78 is 19.2. The fourth-order valence-electron chi connectivity index (χ4n) is 4.67. The molecule has 8 heteroatoms. The molecular weight excluding hydrogens is 409 g/mol. The van der Waals surface area contributed by atoms with E-state index in [9.17, 15) is 14.4 Å². The summed E-state index contributed by atoms with van der Waals surface area (Å²) in [6.07, 6.45) is 1.53. The lowest BCUT2D eigenvalue weighted by Crippen LogP contribution is -2.36. The first-order valence-electron chi connectivity index (χ1n) is 10.9. The van der Waals surface area contributed by atoms with Gasteiger partial charge in [-0.3, -0.25) is 0 Å². The van der Waals surface area contributed by atoms with Gasteiger partial charge >= 0.3 is 6.09 Å². The predicted molar refractivity (Wildman–Crippen MR) is 118 cm³/mol. The van der Waals surface area contributed by atoms with E-state index in [-0.39, 0.29) is 18.0 Å². The van der Waals surface area contributed by atoms with Crippen LogP contribution in [0.4, 0.5) is 15.0 Å². The number of ether oxygens (including phenoxy) is 1. The van der Waals surface area contributed by atoms with Crippen LogP contribution in [0.3, 0.4) is 0 Å². The van der Waals surface area contributed by atoms with Gasteiger partial charge in [-0.15, -0.1) is 10.2 Å². The molecule has 1 aliphatic heterocycles.